The lowest BCUT2D eigenvalue weighted by atomic mass is 10.1. The Hall–Kier alpha value is -4.41. The van der Waals surface area contributed by atoms with Gasteiger partial charge in [0, 0.05) is 23.1 Å². The zero-order chi connectivity index (χ0) is 22.0. The van der Waals surface area contributed by atoms with Crippen LogP contribution in [0.25, 0.3) is 17.0 Å². The number of amides is 2. The number of pyridine rings is 1. The van der Waals surface area contributed by atoms with Gasteiger partial charge in [0.15, 0.2) is 0 Å². The maximum atomic E-state index is 12.9. The average molecular weight is 421 g/mol. The molecule has 0 unspecified atom stereocenters. The Balaban J connectivity index is 1.55. The lowest BCUT2D eigenvalue weighted by Gasteiger charge is -2.09. The van der Waals surface area contributed by atoms with E-state index in [1.807, 2.05) is 19.1 Å². The largest absolute Gasteiger partial charge is 0.453 e. The molecule has 0 aliphatic rings. The normalized spacial score (nSPS) is 10.8. The third kappa shape index (κ3) is 4.15. The number of aryl methyl sites for hydroxylation is 1. The van der Waals surface area contributed by atoms with E-state index >= 15 is 0 Å². The van der Waals surface area contributed by atoms with Gasteiger partial charge in [-0.2, -0.15) is 4.98 Å². The fourth-order valence-corrected chi connectivity index (χ4v) is 2.91. The molecule has 4 aromatic rings. The van der Waals surface area contributed by atoms with E-state index in [4.69, 9.17) is 10.3 Å². The Morgan fingerprint density at radius 3 is 2.90 bits per heavy atom. The number of carbonyl (C=O) groups is 2. The minimum Gasteiger partial charge on any atom is -0.453 e. The Morgan fingerprint density at radius 2 is 2.10 bits per heavy atom. The van der Waals surface area contributed by atoms with Gasteiger partial charge in [-0.1, -0.05) is 17.3 Å². The van der Waals surface area contributed by atoms with Crippen molar-refractivity contribution >= 4 is 29.0 Å². The van der Waals surface area contributed by atoms with Crippen molar-refractivity contribution in [1.82, 2.24) is 24.8 Å². The monoisotopic (exact) mass is 421 g/mol. The van der Waals surface area contributed by atoms with Gasteiger partial charge >= 0.3 is 6.09 Å². The first-order chi connectivity index (χ1) is 14.9. The van der Waals surface area contributed by atoms with Crippen molar-refractivity contribution in [3.05, 3.63) is 59.9 Å². The van der Waals surface area contributed by atoms with E-state index in [-0.39, 0.29) is 18.3 Å². The molecule has 0 aliphatic carbocycles. The number of methoxy groups -OCH3 is 1. The summed E-state index contributed by atoms with van der Waals surface area (Å²) in [4.78, 5) is 32.5. The first kappa shape index (κ1) is 19.9. The second-order valence-electron chi connectivity index (χ2n) is 6.67. The van der Waals surface area contributed by atoms with Crippen LogP contribution >= 0.6 is 0 Å². The van der Waals surface area contributed by atoms with E-state index < -0.39 is 6.09 Å². The van der Waals surface area contributed by atoms with Gasteiger partial charge in [0.2, 0.25) is 11.7 Å². The Morgan fingerprint density at radius 1 is 1.26 bits per heavy atom. The van der Waals surface area contributed by atoms with Crippen LogP contribution in [0.3, 0.4) is 0 Å². The van der Waals surface area contributed by atoms with Crippen molar-refractivity contribution in [3.63, 3.8) is 0 Å². The minimum absolute atomic E-state index is 0.0343. The number of nitrogens with two attached hydrogens (primary N) is 1. The smallest absolute Gasteiger partial charge is 0.407 e. The van der Waals surface area contributed by atoms with Gasteiger partial charge in [0.1, 0.15) is 17.9 Å². The van der Waals surface area contributed by atoms with E-state index in [0.717, 1.165) is 5.56 Å². The molecule has 0 bridgehead atoms. The summed E-state index contributed by atoms with van der Waals surface area (Å²) in [6, 6.07) is 8.84. The molecule has 3 aromatic heterocycles. The van der Waals surface area contributed by atoms with E-state index in [1.165, 1.54) is 13.3 Å². The molecular weight excluding hydrogens is 402 g/mol. The molecule has 31 heavy (non-hydrogen) atoms. The number of hydrogen-bond donors (Lipinski definition) is 3. The van der Waals surface area contributed by atoms with Crippen LogP contribution in [-0.2, 0) is 11.3 Å². The van der Waals surface area contributed by atoms with E-state index in [2.05, 4.69) is 30.5 Å². The molecule has 0 saturated heterocycles. The van der Waals surface area contributed by atoms with Crippen LogP contribution in [-0.4, -0.2) is 38.6 Å². The molecule has 158 valence electrons. The molecular formula is C20H19N7O4. The highest BCUT2D eigenvalue weighted by molar-refractivity contribution is 6.04. The Labute approximate surface area is 176 Å². The Bertz CT molecular complexity index is 1280. The van der Waals surface area contributed by atoms with Gasteiger partial charge in [0.25, 0.3) is 5.91 Å². The summed E-state index contributed by atoms with van der Waals surface area (Å²) in [5.41, 5.74) is 9.38. The molecule has 0 fully saturated rings. The van der Waals surface area contributed by atoms with Crippen molar-refractivity contribution in [2.24, 2.45) is 0 Å². The van der Waals surface area contributed by atoms with Crippen LogP contribution in [0.15, 0.2) is 47.2 Å². The number of hydrogen-bond acceptors (Lipinski definition) is 8. The third-order valence-corrected chi connectivity index (χ3v) is 4.54. The molecule has 3 heterocycles. The second kappa shape index (κ2) is 8.14. The fourth-order valence-electron chi connectivity index (χ4n) is 2.91. The summed E-state index contributed by atoms with van der Waals surface area (Å²) in [5.74, 6) is 0.198. The maximum Gasteiger partial charge on any atom is 0.407 e. The number of nitrogen functional groups attached to an aromatic ring is 1. The second-order valence-corrected chi connectivity index (χ2v) is 6.67. The molecule has 4 N–H and O–H groups in total. The van der Waals surface area contributed by atoms with Crippen LogP contribution in [0.1, 0.15) is 21.9 Å². The van der Waals surface area contributed by atoms with Gasteiger partial charge in [-0.3, -0.25) is 9.20 Å². The van der Waals surface area contributed by atoms with E-state index in [9.17, 15) is 9.59 Å². The van der Waals surface area contributed by atoms with Crippen molar-refractivity contribution in [3.8, 4) is 11.4 Å². The number of rotatable bonds is 5. The molecule has 0 saturated carbocycles. The highest BCUT2D eigenvalue weighted by atomic mass is 16.5. The molecule has 0 aliphatic heterocycles. The van der Waals surface area contributed by atoms with E-state index in [1.54, 1.807) is 28.8 Å². The Kier molecular flexibility index (Phi) is 5.22. The topological polar surface area (TPSA) is 150 Å². The van der Waals surface area contributed by atoms with Crippen molar-refractivity contribution in [2.75, 3.05) is 18.2 Å². The quantitative estimate of drug-likeness (QED) is 0.444. The first-order valence-corrected chi connectivity index (χ1v) is 9.24. The number of alkyl carbamates (subject to hydrolysis) is 1. The van der Waals surface area contributed by atoms with Crippen LogP contribution in [0.2, 0.25) is 0 Å². The highest BCUT2D eigenvalue weighted by Gasteiger charge is 2.16. The standard InChI is InChI=1S/C20H19N7O4/c1-11-3-4-12(18-25-17(31-26-18)9-23-20(29)30-2)7-14(11)24-19(28)15-8-22-16-6-5-13(21)10-27(15)16/h3-8,10H,9,21H2,1-2H3,(H,23,29)(H,24,28). The van der Waals surface area contributed by atoms with Gasteiger partial charge in [-0.15, -0.1) is 0 Å². The molecule has 11 heteroatoms. The zero-order valence-electron chi connectivity index (χ0n) is 16.7. The third-order valence-electron chi connectivity index (χ3n) is 4.54. The number of benzene rings is 1. The summed E-state index contributed by atoms with van der Waals surface area (Å²) in [6.45, 7) is 1.90. The average Bonchev–Trinajstić information content (AvgIpc) is 3.40. The van der Waals surface area contributed by atoms with Gasteiger partial charge in [-0.05, 0) is 30.7 Å². The SMILES string of the molecule is COC(=O)NCc1nc(-c2ccc(C)c(NC(=O)c3cnc4ccc(N)cn34)c2)no1. The summed E-state index contributed by atoms with van der Waals surface area (Å²) in [6.07, 6.45) is 2.53. The molecule has 4 rings (SSSR count). The summed E-state index contributed by atoms with van der Waals surface area (Å²) >= 11 is 0. The molecule has 0 radical (unpaired) electrons. The highest BCUT2D eigenvalue weighted by Crippen LogP contribution is 2.24. The molecule has 0 spiro atoms. The predicted octanol–water partition coefficient (Wildman–Crippen LogP) is 2.38. The first-order valence-electron chi connectivity index (χ1n) is 9.24. The van der Waals surface area contributed by atoms with Gasteiger partial charge in [-0.25, -0.2) is 9.78 Å². The zero-order valence-corrected chi connectivity index (χ0v) is 16.7. The minimum atomic E-state index is -0.603. The number of ether oxygens (including phenoxy) is 1. The number of imidazole rings is 1. The summed E-state index contributed by atoms with van der Waals surface area (Å²) in [7, 11) is 1.26. The van der Waals surface area contributed by atoms with Crippen molar-refractivity contribution in [1.29, 1.82) is 0 Å². The number of carbonyl (C=O) groups excluding carboxylic acids is 2. The molecule has 2 amide bonds. The lowest BCUT2D eigenvalue weighted by molar-refractivity contribution is 0.102. The number of aromatic nitrogens is 4. The summed E-state index contributed by atoms with van der Waals surface area (Å²) in [5, 5.41) is 9.27. The van der Waals surface area contributed by atoms with Crippen LogP contribution in [0.5, 0.6) is 0 Å². The van der Waals surface area contributed by atoms with Gasteiger partial charge < -0.3 is 25.6 Å². The van der Waals surface area contributed by atoms with Crippen molar-refractivity contribution < 1.29 is 18.8 Å². The maximum absolute atomic E-state index is 12.9. The molecule has 1 aromatic carbocycles. The predicted molar refractivity (Wildman–Crippen MR) is 111 cm³/mol. The van der Waals surface area contributed by atoms with Crippen LogP contribution in [0, 0.1) is 6.92 Å². The molecule has 11 nitrogen and oxygen atoms in total. The number of nitrogens with one attached hydrogen (secondary N) is 2. The lowest BCUT2D eigenvalue weighted by Crippen LogP contribution is -2.22. The summed E-state index contributed by atoms with van der Waals surface area (Å²) < 4.78 is 11.3. The number of fused-ring (bicyclic) bond motifs is 1. The fraction of sp³-hybridized carbons (Fsp3) is 0.150. The van der Waals surface area contributed by atoms with Crippen LogP contribution in [0.4, 0.5) is 16.2 Å². The van der Waals surface area contributed by atoms with Crippen LogP contribution < -0.4 is 16.4 Å². The number of nitrogens with zero attached hydrogens (tertiary/aromatic N) is 4. The number of anilines is 2. The van der Waals surface area contributed by atoms with Gasteiger partial charge in [0.05, 0.1) is 13.3 Å². The molecule has 0 atom stereocenters. The van der Waals surface area contributed by atoms with E-state index in [0.29, 0.717) is 34.1 Å². The van der Waals surface area contributed by atoms with Crippen molar-refractivity contribution in [2.45, 2.75) is 13.5 Å².